The number of likely N-dealkylation sites (tertiary alicyclic amines) is 2. The van der Waals surface area contributed by atoms with Crippen LogP contribution in [0, 0.1) is 6.92 Å². The van der Waals surface area contributed by atoms with Crippen molar-refractivity contribution in [2.75, 3.05) is 26.7 Å². The normalized spacial score (nSPS) is 22.4. The third-order valence-electron chi connectivity index (χ3n) is 7.30. The van der Waals surface area contributed by atoms with Crippen LogP contribution >= 0.6 is 0 Å². The lowest BCUT2D eigenvalue weighted by atomic mass is 9.88. The molecule has 0 amide bonds. The first-order valence-electron chi connectivity index (χ1n) is 11.5. The molecule has 6 nitrogen and oxygen atoms in total. The van der Waals surface area contributed by atoms with E-state index in [0.717, 1.165) is 59.3 Å². The SMILES string of the molecule is COc1cc(C)c2[nH]ccc2c1CN1CC[C@@H](N2CC(F)C2)C[C@H]1c1ccc(C(=O)O)cc1. The number of hydrogen-bond acceptors (Lipinski definition) is 4. The number of rotatable bonds is 6. The van der Waals surface area contributed by atoms with E-state index in [1.807, 2.05) is 18.3 Å². The topological polar surface area (TPSA) is 68.8 Å². The van der Waals surface area contributed by atoms with Crippen LogP contribution in [0.1, 0.15) is 45.9 Å². The number of carboxylic acids is 1. The molecule has 0 radical (unpaired) electrons. The van der Waals surface area contributed by atoms with Crippen LogP contribution in [0.15, 0.2) is 42.6 Å². The Balaban J connectivity index is 1.47. The van der Waals surface area contributed by atoms with Crippen molar-refractivity contribution in [3.8, 4) is 5.75 Å². The van der Waals surface area contributed by atoms with Gasteiger partial charge in [0.1, 0.15) is 11.9 Å². The minimum Gasteiger partial charge on any atom is -0.496 e. The summed E-state index contributed by atoms with van der Waals surface area (Å²) in [5, 5.41) is 10.5. The Labute approximate surface area is 193 Å². The molecule has 0 spiro atoms. The summed E-state index contributed by atoms with van der Waals surface area (Å²) in [7, 11) is 1.71. The van der Waals surface area contributed by atoms with Crippen LogP contribution in [0.3, 0.4) is 0 Å². The average Bonchev–Trinajstić information content (AvgIpc) is 3.30. The minimum atomic E-state index is -0.922. The molecule has 5 rings (SSSR count). The number of methoxy groups -OCH3 is 1. The van der Waals surface area contributed by atoms with Crippen molar-refractivity contribution in [2.45, 2.75) is 44.6 Å². The van der Waals surface area contributed by atoms with Gasteiger partial charge in [0.15, 0.2) is 0 Å². The fraction of sp³-hybridized carbons (Fsp3) is 0.423. The van der Waals surface area contributed by atoms with Gasteiger partial charge in [-0.3, -0.25) is 9.80 Å². The highest BCUT2D eigenvalue weighted by Crippen LogP contribution is 2.39. The van der Waals surface area contributed by atoms with Gasteiger partial charge in [0, 0.05) is 60.9 Å². The van der Waals surface area contributed by atoms with Gasteiger partial charge in [-0.25, -0.2) is 9.18 Å². The Bertz CT molecular complexity index is 1150. The summed E-state index contributed by atoms with van der Waals surface area (Å²) in [6.45, 7) is 4.72. The van der Waals surface area contributed by atoms with Crippen LogP contribution in [0.5, 0.6) is 5.75 Å². The number of aromatic amines is 1. The molecule has 2 N–H and O–H groups in total. The molecule has 2 aromatic carbocycles. The van der Waals surface area contributed by atoms with Crippen molar-refractivity contribution in [1.82, 2.24) is 14.8 Å². The molecule has 0 aliphatic carbocycles. The summed E-state index contributed by atoms with van der Waals surface area (Å²) in [5.74, 6) is -0.0431. The standard InChI is InChI=1S/C26H30FN3O3/c1-16-11-24(33-2)22(21-7-9-28-25(16)21)15-29-10-8-20(30-13-19(27)14-30)12-23(29)17-3-5-18(6-4-17)26(31)32/h3-7,9,11,19-20,23,28H,8,10,12-15H2,1-2H3,(H,31,32)/t20-,23+/m1/s1. The average molecular weight is 452 g/mol. The lowest BCUT2D eigenvalue weighted by Crippen LogP contribution is -2.56. The Kier molecular flexibility index (Phi) is 5.85. The number of nitrogens with zero attached hydrogens (tertiary/aromatic N) is 2. The second-order valence-corrected chi connectivity index (χ2v) is 9.28. The van der Waals surface area contributed by atoms with E-state index in [0.29, 0.717) is 19.1 Å². The van der Waals surface area contributed by atoms with Gasteiger partial charge in [-0.1, -0.05) is 12.1 Å². The van der Waals surface area contributed by atoms with Gasteiger partial charge in [-0.15, -0.1) is 0 Å². The van der Waals surface area contributed by atoms with Gasteiger partial charge in [0.25, 0.3) is 0 Å². The van der Waals surface area contributed by atoms with E-state index in [9.17, 15) is 14.3 Å². The van der Waals surface area contributed by atoms with Crippen LogP contribution in [0.2, 0.25) is 0 Å². The number of nitrogens with one attached hydrogen (secondary N) is 1. The molecule has 0 bridgehead atoms. The van der Waals surface area contributed by atoms with Gasteiger partial charge >= 0.3 is 5.97 Å². The van der Waals surface area contributed by atoms with Crippen molar-refractivity contribution < 1.29 is 19.0 Å². The molecular formula is C26H30FN3O3. The first-order chi connectivity index (χ1) is 15.9. The molecule has 174 valence electrons. The number of benzene rings is 2. The molecule has 2 fully saturated rings. The number of piperidine rings is 1. The van der Waals surface area contributed by atoms with Gasteiger partial charge in [0.05, 0.1) is 12.7 Å². The summed E-state index contributed by atoms with van der Waals surface area (Å²) in [5.41, 5.74) is 4.80. The van der Waals surface area contributed by atoms with Crippen molar-refractivity contribution in [3.05, 3.63) is 64.8 Å². The molecule has 1 aromatic heterocycles. The van der Waals surface area contributed by atoms with Gasteiger partial charge in [0.2, 0.25) is 0 Å². The number of aromatic carboxylic acids is 1. The highest BCUT2D eigenvalue weighted by Gasteiger charge is 2.38. The van der Waals surface area contributed by atoms with Crippen LogP contribution in [-0.2, 0) is 6.54 Å². The van der Waals surface area contributed by atoms with Gasteiger partial charge in [-0.05, 0) is 55.2 Å². The third kappa shape index (κ3) is 4.11. The second kappa shape index (κ2) is 8.80. The highest BCUT2D eigenvalue weighted by molar-refractivity contribution is 5.88. The third-order valence-corrected chi connectivity index (χ3v) is 7.30. The van der Waals surface area contributed by atoms with Gasteiger partial charge < -0.3 is 14.8 Å². The second-order valence-electron chi connectivity index (χ2n) is 9.28. The van der Waals surface area contributed by atoms with Crippen molar-refractivity contribution in [3.63, 3.8) is 0 Å². The van der Waals surface area contributed by atoms with E-state index in [1.165, 1.54) is 0 Å². The van der Waals surface area contributed by atoms with E-state index in [-0.39, 0.29) is 11.6 Å². The summed E-state index contributed by atoms with van der Waals surface area (Å²) in [6, 6.07) is 11.8. The monoisotopic (exact) mass is 451 g/mol. The molecule has 33 heavy (non-hydrogen) atoms. The number of aryl methyl sites for hydroxylation is 1. The van der Waals surface area contributed by atoms with Crippen LogP contribution in [-0.4, -0.2) is 64.8 Å². The summed E-state index contributed by atoms with van der Waals surface area (Å²) in [6.07, 6.45) is 3.13. The molecule has 7 heteroatoms. The molecule has 0 unspecified atom stereocenters. The number of H-pyrrole nitrogens is 1. The number of carbonyl (C=O) groups is 1. The molecule has 2 atom stereocenters. The lowest BCUT2D eigenvalue weighted by Gasteiger charge is -2.48. The zero-order valence-corrected chi connectivity index (χ0v) is 19.1. The maximum atomic E-state index is 13.5. The van der Waals surface area contributed by atoms with Crippen molar-refractivity contribution in [1.29, 1.82) is 0 Å². The number of halogens is 1. The molecule has 0 saturated carbocycles. The van der Waals surface area contributed by atoms with Crippen LogP contribution in [0.25, 0.3) is 10.9 Å². The molecular weight excluding hydrogens is 421 g/mol. The van der Waals surface area contributed by atoms with E-state index in [2.05, 4.69) is 33.8 Å². The Morgan fingerprint density at radius 3 is 2.67 bits per heavy atom. The summed E-state index contributed by atoms with van der Waals surface area (Å²) in [4.78, 5) is 19.4. The molecule has 3 aromatic rings. The predicted octanol–water partition coefficient (Wildman–Crippen LogP) is 4.54. The first-order valence-corrected chi connectivity index (χ1v) is 11.5. The van der Waals surface area contributed by atoms with Crippen LogP contribution in [0.4, 0.5) is 4.39 Å². The number of alkyl halides is 1. The zero-order valence-electron chi connectivity index (χ0n) is 19.1. The maximum Gasteiger partial charge on any atom is 0.335 e. The van der Waals surface area contributed by atoms with Crippen LogP contribution < -0.4 is 4.74 Å². The van der Waals surface area contributed by atoms with Gasteiger partial charge in [-0.2, -0.15) is 0 Å². The van der Waals surface area contributed by atoms with Crippen molar-refractivity contribution in [2.24, 2.45) is 0 Å². The minimum absolute atomic E-state index is 0.116. The Morgan fingerprint density at radius 1 is 1.24 bits per heavy atom. The van der Waals surface area contributed by atoms with E-state index in [4.69, 9.17) is 4.74 Å². The predicted molar refractivity (Wildman–Crippen MR) is 126 cm³/mol. The molecule has 2 aliphatic rings. The van der Waals surface area contributed by atoms with E-state index >= 15 is 0 Å². The number of aromatic nitrogens is 1. The number of fused-ring (bicyclic) bond motifs is 1. The number of hydrogen-bond donors (Lipinski definition) is 2. The Morgan fingerprint density at radius 2 is 2.00 bits per heavy atom. The zero-order chi connectivity index (χ0) is 23.1. The quantitative estimate of drug-likeness (QED) is 0.576. The van der Waals surface area contributed by atoms with Crippen molar-refractivity contribution >= 4 is 16.9 Å². The molecule has 3 heterocycles. The summed E-state index contributed by atoms with van der Waals surface area (Å²) >= 11 is 0. The number of carboxylic acid groups (broad SMARTS) is 1. The first kappa shape index (κ1) is 21.9. The molecule has 2 saturated heterocycles. The smallest absolute Gasteiger partial charge is 0.335 e. The maximum absolute atomic E-state index is 13.5. The van der Waals surface area contributed by atoms with E-state index in [1.54, 1.807) is 19.2 Å². The van der Waals surface area contributed by atoms with E-state index < -0.39 is 12.1 Å². The molecule has 2 aliphatic heterocycles. The Hall–Kier alpha value is -2.90. The fourth-order valence-corrected chi connectivity index (χ4v) is 5.45. The fourth-order valence-electron chi connectivity index (χ4n) is 5.45. The summed E-state index contributed by atoms with van der Waals surface area (Å²) < 4.78 is 19.3. The lowest BCUT2D eigenvalue weighted by molar-refractivity contribution is -0.0155. The largest absolute Gasteiger partial charge is 0.496 e. The number of ether oxygens (including phenoxy) is 1. The highest BCUT2D eigenvalue weighted by atomic mass is 19.1.